The second kappa shape index (κ2) is 6.89. The second-order valence-electron chi connectivity index (χ2n) is 6.30. The predicted octanol–water partition coefficient (Wildman–Crippen LogP) is 4.16. The molecule has 1 aromatic carbocycles. The number of halogens is 1. The molecule has 2 heterocycles. The van der Waals surface area contributed by atoms with Gasteiger partial charge in [-0.1, -0.05) is 13.8 Å². The smallest absolute Gasteiger partial charge is 0.137 e. The van der Waals surface area contributed by atoms with Gasteiger partial charge < -0.3 is 15.2 Å². The highest BCUT2D eigenvalue weighted by molar-refractivity contribution is 9.10. The molecule has 1 aliphatic rings. The van der Waals surface area contributed by atoms with Crippen LogP contribution in [0.3, 0.4) is 0 Å². The van der Waals surface area contributed by atoms with E-state index in [1.54, 1.807) is 6.20 Å². The van der Waals surface area contributed by atoms with Crippen LogP contribution in [-0.4, -0.2) is 17.6 Å². The summed E-state index contributed by atoms with van der Waals surface area (Å²) in [5.41, 5.74) is 9.40. The van der Waals surface area contributed by atoms with E-state index in [0.717, 1.165) is 39.1 Å². The quantitative estimate of drug-likeness (QED) is 0.850. The van der Waals surface area contributed by atoms with Crippen LogP contribution in [0.2, 0.25) is 0 Å². The van der Waals surface area contributed by atoms with E-state index in [2.05, 4.69) is 34.8 Å². The molecule has 2 N–H and O–H groups in total. The molecule has 1 aliphatic heterocycles. The van der Waals surface area contributed by atoms with Crippen LogP contribution in [0.15, 0.2) is 35.1 Å². The number of ether oxygens (including phenoxy) is 2. The van der Waals surface area contributed by atoms with Crippen LogP contribution in [-0.2, 0) is 6.61 Å². The summed E-state index contributed by atoms with van der Waals surface area (Å²) in [5.74, 6) is 2.16. The van der Waals surface area contributed by atoms with Gasteiger partial charge in [0.2, 0.25) is 0 Å². The zero-order valence-corrected chi connectivity index (χ0v) is 15.0. The summed E-state index contributed by atoms with van der Waals surface area (Å²) in [5, 5.41) is 0. The third-order valence-corrected chi connectivity index (χ3v) is 4.46. The maximum atomic E-state index is 6.10. The molecule has 0 spiro atoms. The van der Waals surface area contributed by atoms with Crippen LogP contribution >= 0.6 is 15.9 Å². The molecule has 5 heteroatoms. The third kappa shape index (κ3) is 3.67. The predicted molar refractivity (Wildman–Crippen MR) is 94.6 cm³/mol. The molecular weight excluding hydrogens is 356 g/mol. The molecular formula is C18H21BrN2O2. The molecule has 1 atom stereocenters. The van der Waals surface area contributed by atoms with Gasteiger partial charge in [-0.3, -0.25) is 4.98 Å². The average Bonchev–Trinajstić information content (AvgIpc) is 2.52. The van der Waals surface area contributed by atoms with Crippen molar-refractivity contribution >= 4 is 15.9 Å². The van der Waals surface area contributed by atoms with Gasteiger partial charge in [-0.25, -0.2) is 0 Å². The zero-order valence-electron chi connectivity index (χ0n) is 13.4. The fourth-order valence-electron chi connectivity index (χ4n) is 2.81. The number of rotatable bonds is 5. The van der Waals surface area contributed by atoms with Gasteiger partial charge in [0.05, 0.1) is 4.47 Å². The number of nitrogens with zero attached hydrogens (tertiary/aromatic N) is 1. The first-order valence-electron chi connectivity index (χ1n) is 7.82. The fraction of sp³-hybridized carbons (Fsp3) is 0.389. The van der Waals surface area contributed by atoms with Crippen LogP contribution in [0.5, 0.6) is 11.5 Å². The van der Waals surface area contributed by atoms with Crippen molar-refractivity contribution in [3.05, 3.63) is 40.6 Å². The molecule has 4 nitrogen and oxygen atoms in total. The SMILES string of the molecule is CC(C)CC(N)COc1cc2c(cc1Br)-c1ccncc1CO2. The van der Waals surface area contributed by atoms with Crippen LogP contribution in [0.25, 0.3) is 11.1 Å². The van der Waals surface area contributed by atoms with E-state index >= 15 is 0 Å². The lowest BCUT2D eigenvalue weighted by Crippen LogP contribution is -2.29. The number of nitrogens with two attached hydrogens (primary N) is 1. The Balaban J connectivity index is 1.81. The van der Waals surface area contributed by atoms with Crippen LogP contribution in [0.4, 0.5) is 0 Å². The van der Waals surface area contributed by atoms with Crippen molar-refractivity contribution in [2.24, 2.45) is 11.7 Å². The number of aromatic nitrogens is 1. The van der Waals surface area contributed by atoms with Gasteiger partial charge in [0.1, 0.15) is 24.7 Å². The molecule has 0 bridgehead atoms. The minimum atomic E-state index is 0.0330. The first-order chi connectivity index (χ1) is 11.0. The Kier molecular flexibility index (Phi) is 4.87. The highest BCUT2D eigenvalue weighted by atomic mass is 79.9. The lowest BCUT2D eigenvalue weighted by molar-refractivity contribution is 0.264. The van der Waals surface area contributed by atoms with E-state index in [-0.39, 0.29) is 6.04 Å². The summed E-state index contributed by atoms with van der Waals surface area (Å²) in [6.45, 7) is 5.35. The summed E-state index contributed by atoms with van der Waals surface area (Å²) in [6.07, 6.45) is 4.60. The van der Waals surface area contributed by atoms with Gasteiger partial charge in [-0.2, -0.15) is 0 Å². The minimum absolute atomic E-state index is 0.0330. The molecule has 1 aromatic heterocycles. The van der Waals surface area contributed by atoms with Crippen molar-refractivity contribution in [3.8, 4) is 22.6 Å². The number of hydrogen-bond acceptors (Lipinski definition) is 4. The summed E-state index contributed by atoms with van der Waals surface area (Å²) < 4.78 is 12.6. The van der Waals surface area contributed by atoms with Crippen molar-refractivity contribution in [3.63, 3.8) is 0 Å². The molecule has 0 fully saturated rings. The second-order valence-corrected chi connectivity index (χ2v) is 7.16. The molecule has 3 rings (SSSR count). The van der Waals surface area contributed by atoms with Crippen molar-refractivity contribution in [2.45, 2.75) is 32.9 Å². The van der Waals surface area contributed by atoms with E-state index in [0.29, 0.717) is 19.1 Å². The van der Waals surface area contributed by atoms with Gasteiger partial charge in [-0.05, 0) is 46.0 Å². The highest BCUT2D eigenvalue weighted by Gasteiger charge is 2.20. The normalized spacial score (nSPS) is 14.0. The van der Waals surface area contributed by atoms with Crippen molar-refractivity contribution in [2.75, 3.05) is 6.61 Å². The summed E-state index contributed by atoms with van der Waals surface area (Å²) >= 11 is 3.59. The maximum Gasteiger partial charge on any atom is 0.137 e. The Morgan fingerprint density at radius 1 is 1.35 bits per heavy atom. The number of hydrogen-bond donors (Lipinski definition) is 1. The van der Waals surface area contributed by atoms with Crippen molar-refractivity contribution in [1.29, 1.82) is 0 Å². The molecule has 1 unspecified atom stereocenters. The van der Waals surface area contributed by atoms with E-state index < -0.39 is 0 Å². The van der Waals surface area contributed by atoms with Crippen molar-refractivity contribution in [1.82, 2.24) is 4.98 Å². The van der Waals surface area contributed by atoms with Crippen LogP contribution in [0, 0.1) is 5.92 Å². The molecule has 0 saturated carbocycles. The van der Waals surface area contributed by atoms with Crippen LogP contribution in [0.1, 0.15) is 25.8 Å². The fourth-order valence-corrected chi connectivity index (χ4v) is 3.26. The van der Waals surface area contributed by atoms with Gasteiger partial charge >= 0.3 is 0 Å². The van der Waals surface area contributed by atoms with Crippen LogP contribution < -0.4 is 15.2 Å². The number of benzene rings is 1. The first-order valence-corrected chi connectivity index (χ1v) is 8.62. The zero-order chi connectivity index (χ0) is 16.4. The van der Waals surface area contributed by atoms with Gasteiger partial charge in [-0.15, -0.1) is 0 Å². The van der Waals surface area contributed by atoms with E-state index in [1.807, 2.05) is 24.4 Å². The molecule has 0 radical (unpaired) electrons. The summed E-state index contributed by atoms with van der Waals surface area (Å²) in [6, 6.07) is 6.02. The van der Waals surface area contributed by atoms with E-state index in [1.165, 1.54) is 0 Å². The number of fused-ring (bicyclic) bond motifs is 3. The maximum absolute atomic E-state index is 6.10. The Bertz CT molecular complexity index is 703. The van der Waals surface area contributed by atoms with Gasteiger partial charge in [0, 0.05) is 35.6 Å². The largest absolute Gasteiger partial charge is 0.491 e. The molecule has 0 saturated heterocycles. The Morgan fingerprint density at radius 3 is 2.96 bits per heavy atom. The highest BCUT2D eigenvalue weighted by Crippen LogP contribution is 2.42. The monoisotopic (exact) mass is 376 g/mol. The van der Waals surface area contributed by atoms with Gasteiger partial charge in [0.15, 0.2) is 0 Å². The van der Waals surface area contributed by atoms with Gasteiger partial charge in [0.25, 0.3) is 0 Å². The van der Waals surface area contributed by atoms with Crippen molar-refractivity contribution < 1.29 is 9.47 Å². The Hall–Kier alpha value is -1.59. The Morgan fingerprint density at radius 2 is 2.17 bits per heavy atom. The first kappa shape index (κ1) is 16.3. The molecule has 122 valence electrons. The molecule has 0 amide bonds. The van der Waals surface area contributed by atoms with E-state index in [9.17, 15) is 0 Å². The molecule has 23 heavy (non-hydrogen) atoms. The minimum Gasteiger partial charge on any atom is -0.491 e. The van der Waals surface area contributed by atoms with E-state index in [4.69, 9.17) is 15.2 Å². The number of pyridine rings is 1. The summed E-state index contributed by atoms with van der Waals surface area (Å²) in [7, 11) is 0. The average molecular weight is 377 g/mol. The topological polar surface area (TPSA) is 57.4 Å². The molecule has 0 aliphatic carbocycles. The summed E-state index contributed by atoms with van der Waals surface area (Å²) in [4.78, 5) is 4.15. The molecule has 2 aromatic rings. The standard InChI is InChI=1S/C18H21BrN2O2/c1-11(2)5-13(20)10-23-18-7-17-15(6-16(18)19)14-3-4-21-8-12(14)9-22-17/h3-4,6-8,11,13H,5,9-10,20H2,1-2H3. The third-order valence-electron chi connectivity index (χ3n) is 3.84. The lowest BCUT2D eigenvalue weighted by atomic mass is 9.99. The Labute approximate surface area is 145 Å². The lowest BCUT2D eigenvalue weighted by Gasteiger charge is -2.22.